The second-order valence-electron chi connectivity index (χ2n) is 4.44. The molecule has 0 aliphatic carbocycles. The van der Waals surface area contributed by atoms with Crippen LogP contribution in [0.25, 0.3) is 0 Å². The fraction of sp³-hybridized carbons (Fsp3) is 0.286. The number of aryl methyl sites for hydroxylation is 1. The molecule has 1 heterocycles. The van der Waals surface area contributed by atoms with E-state index in [1.807, 2.05) is 0 Å². The van der Waals surface area contributed by atoms with Gasteiger partial charge in [0.05, 0.1) is 11.8 Å². The van der Waals surface area contributed by atoms with Gasteiger partial charge in [-0.05, 0) is 31.0 Å². The van der Waals surface area contributed by atoms with Crippen molar-refractivity contribution >= 4 is 5.91 Å². The Morgan fingerprint density at radius 1 is 1.38 bits per heavy atom. The molecule has 0 atom stereocenters. The maximum atomic E-state index is 12.0. The summed E-state index contributed by atoms with van der Waals surface area (Å²) >= 11 is 0. The Labute approximate surface area is 120 Å². The van der Waals surface area contributed by atoms with Crippen LogP contribution in [0.5, 0.6) is 5.75 Å². The molecule has 0 unspecified atom stereocenters. The highest BCUT2D eigenvalue weighted by atomic mass is 19.3. The number of aromatic nitrogens is 2. The largest absolute Gasteiger partial charge is 0.435 e. The number of aromatic amines is 1. The van der Waals surface area contributed by atoms with E-state index in [0.717, 1.165) is 5.56 Å². The molecule has 2 aromatic rings. The average molecular weight is 295 g/mol. The summed E-state index contributed by atoms with van der Waals surface area (Å²) in [7, 11) is 0. The van der Waals surface area contributed by atoms with Crippen LogP contribution in [-0.2, 0) is 6.42 Å². The van der Waals surface area contributed by atoms with Crippen LogP contribution in [0, 0.1) is 6.92 Å². The van der Waals surface area contributed by atoms with Gasteiger partial charge in [-0.3, -0.25) is 9.89 Å². The molecule has 0 radical (unpaired) electrons. The average Bonchev–Trinajstić information content (AvgIpc) is 2.86. The topological polar surface area (TPSA) is 67.0 Å². The van der Waals surface area contributed by atoms with Gasteiger partial charge in [-0.2, -0.15) is 13.9 Å². The van der Waals surface area contributed by atoms with E-state index in [1.165, 1.54) is 18.3 Å². The van der Waals surface area contributed by atoms with Crippen molar-refractivity contribution in [2.75, 3.05) is 6.54 Å². The lowest BCUT2D eigenvalue weighted by atomic mass is 10.1. The molecule has 21 heavy (non-hydrogen) atoms. The number of carbonyl (C=O) groups excluding carboxylic acids is 1. The van der Waals surface area contributed by atoms with Gasteiger partial charge in [0.25, 0.3) is 5.91 Å². The van der Waals surface area contributed by atoms with E-state index < -0.39 is 6.61 Å². The van der Waals surface area contributed by atoms with Gasteiger partial charge in [0, 0.05) is 12.2 Å². The van der Waals surface area contributed by atoms with Crippen molar-refractivity contribution in [3.63, 3.8) is 0 Å². The minimum Gasteiger partial charge on any atom is -0.435 e. The molecule has 112 valence electrons. The number of H-pyrrole nitrogens is 1. The Kier molecular flexibility index (Phi) is 4.86. The number of amides is 1. The Balaban J connectivity index is 1.81. The standard InChI is InChI=1S/C14H15F2N3O2/c1-9-12(8-18-19-9)13(20)17-7-6-10-2-4-11(5-3-10)21-14(15)16/h2-5,8,14H,6-7H2,1H3,(H,17,20)(H,18,19). The highest BCUT2D eigenvalue weighted by molar-refractivity contribution is 5.94. The van der Waals surface area contributed by atoms with Gasteiger partial charge in [-0.1, -0.05) is 12.1 Å². The normalized spacial score (nSPS) is 10.7. The number of carbonyl (C=O) groups is 1. The molecule has 0 aliphatic rings. The SMILES string of the molecule is Cc1[nH]ncc1C(=O)NCCc1ccc(OC(F)F)cc1. The van der Waals surface area contributed by atoms with E-state index in [4.69, 9.17) is 0 Å². The van der Waals surface area contributed by atoms with Crippen LogP contribution in [0.15, 0.2) is 30.5 Å². The number of nitrogens with one attached hydrogen (secondary N) is 2. The second kappa shape index (κ2) is 6.83. The van der Waals surface area contributed by atoms with E-state index in [2.05, 4.69) is 20.3 Å². The number of nitrogens with zero attached hydrogens (tertiary/aromatic N) is 1. The number of rotatable bonds is 6. The molecule has 0 bridgehead atoms. The van der Waals surface area contributed by atoms with E-state index in [0.29, 0.717) is 24.2 Å². The molecular formula is C14H15F2N3O2. The number of alkyl halides is 2. The lowest BCUT2D eigenvalue weighted by Crippen LogP contribution is -2.25. The maximum absolute atomic E-state index is 12.0. The predicted octanol–water partition coefficient (Wildman–Crippen LogP) is 2.29. The number of hydrogen-bond donors (Lipinski definition) is 2. The fourth-order valence-corrected chi connectivity index (χ4v) is 1.83. The Morgan fingerprint density at radius 2 is 2.10 bits per heavy atom. The van der Waals surface area contributed by atoms with Crippen molar-refractivity contribution in [3.05, 3.63) is 47.3 Å². The number of benzene rings is 1. The molecule has 0 saturated heterocycles. The zero-order chi connectivity index (χ0) is 15.2. The van der Waals surface area contributed by atoms with Crippen molar-refractivity contribution in [2.45, 2.75) is 20.0 Å². The van der Waals surface area contributed by atoms with Crippen molar-refractivity contribution < 1.29 is 18.3 Å². The molecule has 5 nitrogen and oxygen atoms in total. The van der Waals surface area contributed by atoms with E-state index >= 15 is 0 Å². The molecule has 1 aromatic carbocycles. The third-order valence-electron chi connectivity index (χ3n) is 2.92. The van der Waals surface area contributed by atoms with Crippen LogP contribution in [0.4, 0.5) is 8.78 Å². The first-order valence-electron chi connectivity index (χ1n) is 6.38. The zero-order valence-corrected chi connectivity index (χ0v) is 11.4. The van der Waals surface area contributed by atoms with Gasteiger partial charge >= 0.3 is 6.61 Å². The highest BCUT2D eigenvalue weighted by Gasteiger charge is 2.09. The van der Waals surface area contributed by atoms with Crippen LogP contribution in [0.1, 0.15) is 21.6 Å². The Bertz CT molecular complexity index is 597. The Hall–Kier alpha value is -2.44. The van der Waals surface area contributed by atoms with Gasteiger partial charge in [-0.15, -0.1) is 0 Å². The summed E-state index contributed by atoms with van der Waals surface area (Å²) in [5.74, 6) is -0.0780. The summed E-state index contributed by atoms with van der Waals surface area (Å²) in [5.41, 5.74) is 2.14. The van der Waals surface area contributed by atoms with Gasteiger partial charge in [-0.25, -0.2) is 0 Å². The first-order valence-corrected chi connectivity index (χ1v) is 6.38. The van der Waals surface area contributed by atoms with Crippen LogP contribution in [-0.4, -0.2) is 29.3 Å². The minimum atomic E-state index is -2.83. The summed E-state index contributed by atoms with van der Waals surface area (Å²) in [4.78, 5) is 11.8. The summed E-state index contributed by atoms with van der Waals surface area (Å²) in [6, 6.07) is 6.33. The van der Waals surface area contributed by atoms with E-state index in [-0.39, 0.29) is 11.7 Å². The molecule has 2 N–H and O–H groups in total. The second-order valence-corrected chi connectivity index (χ2v) is 4.44. The van der Waals surface area contributed by atoms with Crippen molar-refractivity contribution in [2.24, 2.45) is 0 Å². The smallest absolute Gasteiger partial charge is 0.387 e. The molecule has 0 aliphatic heterocycles. The van der Waals surface area contributed by atoms with E-state index in [9.17, 15) is 13.6 Å². The first-order chi connectivity index (χ1) is 10.1. The van der Waals surface area contributed by atoms with Gasteiger partial charge in [0.1, 0.15) is 5.75 Å². The van der Waals surface area contributed by atoms with Gasteiger partial charge < -0.3 is 10.1 Å². The third kappa shape index (κ3) is 4.27. The van der Waals surface area contributed by atoms with Gasteiger partial charge in [0.15, 0.2) is 0 Å². The zero-order valence-electron chi connectivity index (χ0n) is 11.4. The summed E-state index contributed by atoms with van der Waals surface area (Å²) in [6.45, 7) is -0.615. The van der Waals surface area contributed by atoms with E-state index in [1.54, 1.807) is 19.1 Å². The molecule has 2 rings (SSSR count). The molecular weight excluding hydrogens is 280 g/mol. The van der Waals surface area contributed by atoms with Crippen LogP contribution >= 0.6 is 0 Å². The minimum absolute atomic E-state index is 0.117. The molecule has 0 saturated carbocycles. The summed E-state index contributed by atoms with van der Waals surface area (Å²) in [6.07, 6.45) is 2.07. The van der Waals surface area contributed by atoms with Crippen LogP contribution < -0.4 is 10.1 Å². The molecule has 1 amide bonds. The monoisotopic (exact) mass is 295 g/mol. The highest BCUT2D eigenvalue weighted by Crippen LogP contribution is 2.15. The molecule has 1 aromatic heterocycles. The molecule has 0 fully saturated rings. The molecule has 7 heteroatoms. The van der Waals surface area contributed by atoms with Crippen molar-refractivity contribution in [3.8, 4) is 5.75 Å². The quantitative estimate of drug-likeness (QED) is 0.859. The molecule has 0 spiro atoms. The lowest BCUT2D eigenvalue weighted by molar-refractivity contribution is -0.0498. The van der Waals surface area contributed by atoms with Crippen molar-refractivity contribution in [1.29, 1.82) is 0 Å². The number of ether oxygens (including phenoxy) is 1. The Morgan fingerprint density at radius 3 is 2.67 bits per heavy atom. The van der Waals surface area contributed by atoms with Gasteiger partial charge in [0.2, 0.25) is 0 Å². The lowest BCUT2D eigenvalue weighted by Gasteiger charge is -2.07. The van der Waals surface area contributed by atoms with Crippen LogP contribution in [0.3, 0.4) is 0 Å². The van der Waals surface area contributed by atoms with Crippen LogP contribution in [0.2, 0.25) is 0 Å². The summed E-state index contributed by atoms with van der Waals surface area (Å²) < 4.78 is 28.3. The number of hydrogen-bond acceptors (Lipinski definition) is 3. The third-order valence-corrected chi connectivity index (χ3v) is 2.92. The maximum Gasteiger partial charge on any atom is 0.387 e. The summed E-state index contributed by atoms with van der Waals surface area (Å²) in [5, 5.41) is 9.25. The predicted molar refractivity (Wildman–Crippen MR) is 72.4 cm³/mol. The first kappa shape index (κ1) is 15.0. The fourth-order valence-electron chi connectivity index (χ4n) is 1.83. The van der Waals surface area contributed by atoms with Crippen molar-refractivity contribution in [1.82, 2.24) is 15.5 Å². The number of halogens is 2.